The molecule has 1 aliphatic heterocycles. The highest BCUT2D eigenvalue weighted by molar-refractivity contribution is 5.72. The zero-order chi connectivity index (χ0) is 11.5. The Bertz CT molecular complexity index is 379. The largest absolute Gasteiger partial charge is 0.479 e. The first-order valence-corrected chi connectivity index (χ1v) is 5.01. The summed E-state index contributed by atoms with van der Waals surface area (Å²) in [5.74, 6) is 0.0768. The van der Waals surface area contributed by atoms with E-state index in [1.54, 1.807) is 6.92 Å². The van der Waals surface area contributed by atoms with Crippen LogP contribution in [0, 0.1) is 6.92 Å². The first-order valence-electron chi connectivity index (χ1n) is 5.01. The Kier molecular flexibility index (Phi) is 3.16. The molecule has 1 N–H and O–H groups in total. The van der Waals surface area contributed by atoms with Crippen LogP contribution in [0.1, 0.15) is 11.8 Å². The van der Waals surface area contributed by atoms with E-state index in [1.165, 1.54) is 0 Å². The van der Waals surface area contributed by atoms with Gasteiger partial charge in [0.05, 0.1) is 13.2 Å². The van der Waals surface area contributed by atoms with Crippen molar-refractivity contribution in [3.8, 4) is 0 Å². The van der Waals surface area contributed by atoms with Gasteiger partial charge in [0.2, 0.25) is 11.8 Å². The van der Waals surface area contributed by atoms with Crippen molar-refractivity contribution < 1.29 is 19.1 Å². The van der Waals surface area contributed by atoms with Crippen molar-refractivity contribution in [3.05, 3.63) is 11.8 Å². The van der Waals surface area contributed by atoms with Gasteiger partial charge >= 0.3 is 5.97 Å². The number of aliphatic carboxylic acids is 1. The maximum atomic E-state index is 10.8. The number of aryl methyl sites for hydroxylation is 1. The second-order valence-electron chi connectivity index (χ2n) is 3.65. The second-order valence-corrected chi connectivity index (χ2v) is 3.65. The SMILES string of the molecule is Cc1nnc(CN2CCOC(C(=O)O)C2)o1. The Morgan fingerprint density at radius 3 is 3.06 bits per heavy atom. The maximum Gasteiger partial charge on any atom is 0.334 e. The van der Waals surface area contributed by atoms with E-state index >= 15 is 0 Å². The maximum absolute atomic E-state index is 10.8. The number of ether oxygens (including phenoxy) is 1. The third-order valence-corrected chi connectivity index (χ3v) is 2.35. The summed E-state index contributed by atoms with van der Waals surface area (Å²) in [6, 6.07) is 0. The number of nitrogens with zero attached hydrogens (tertiary/aromatic N) is 3. The van der Waals surface area contributed by atoms with Crippen LogP contribution in [-0.4, -0.2) is 52.0 Å². The molecule has 0 amide bonds. The van der Waals surface area contributed by atoms with E-state index < -0.39 is 12.1 Å². The van der Waals surface area contributed by atoms with Gasteiger partial charge in [0.25, 0.3) is 0 Å². The molecule has 1 unspecified atom stereocenters. The molecule has 88 valence electrons. The van der Waals surface area contributed by atoms with Crippen molar-refractivity contribution >= 4 is 5.97 Å². The summed E-state index contributed by atoms with van der Waals surface area (Å²) in [5, 5.41) is 16.4. The molecule has 1 aromatic heterocycles. The van der Waals surface area contributed by atoms with Crippen LogP contribution < -0.4 is 0 Å². The molecular weight excluding hydrogens is 214 g/mol. The molecule has 7 heteroatoms. The molecule has 0 aromatic carbocycles. The number of carbonyl (C=O) groups is 1. The van der Waals surface area contributed by atoms with E-state index in [1.807, 2.05) is 4.90 Å². The van der Waals surface area contributed by atoms with E-state index in [-0.39, 0.29) is 0 Å². The Balaban J connectivity index is 1.92. The van der Waals surface area contributed by atoms with Crippen LogP contribution in [0.15, 0.2) is 4.42 Å². The molecule has 0 bridgehead atoms. The number of carboxylic acids is 1. The lowest BCUT2D eigenvalue weighted by Gasteiger charge is -2.29. The quantitative estimate of drug-likeness (QED) is 0.755. The highest BCUT2D eigenvalue weighted by atomic mass is 16.5. The smallest absolute Gasteiger partial charge is 0.334 e. The van der Waals surface area contributed by atoms with Gasteiger partial charge in [-0.15, -0.1) is 10.2 Å². The first kappa shape index (κ1) is 11.0. The lowest BCUT2D eigenvalue weighted by Crippen LogP contribution is -2.45. The molecule has 2 rings (SSSR count). The third-order valence-electron chi connectivity index (χ3n) is 2.35. The highest BCUT2D eigenvalue weighted by Crippen LogP contribution is 2.09. The fourth-order valence-corrected chi connectivity index (χ4v) is 1.59. The molecule has 1 aromatic rings. The minimum Gasteiger partial charge on any atom is -0.479 e. The Morgan fingerprint density at radius 1 is 1.62 bits per heavy atom. The predicted octanol–water partition coefficient (Wildman–Crippen LogP) is -0.337. The molecule has 0 saturated carbocycles. The molecule has 2 heterocycles. The number of carboxylic acid groups (broad SMARTS) is 1. The van der Waals surface area contributed by atoms with Crippen molar-refractivity contribution in [2.45, 2.75) is 19.6 Å². The van der Waals surface area contributed by atoms with Gasteiger partial charge in [-0.1, -0.05) is 0 Å². The normalized spacial score (nSPS) is 22.2. The lowest BCUT2D eigenvalue weighted by molar-refractivity contribution is -0.156. The Morgan fingerprint density at radius 2 is 2.44 bits per heavy atom. The molecular formula is C9H13N3O4. The second kappa shape index (κ2) is 4.58. The number of morpholine rings is 1. The van der Waals surface area contributed by atoms with Gasteiger partial charge in [0, 0.05) is 20.0 Å². The van der Waals surface area contributed by atoms with Gasteiger partial charge in [-0.25, -0.2) is 4.79 Å². The lowest BCUT2D eigenvalue weighted by atomic mass is 10.3. The zero-order valence-corrected chi connectivity index (χ0v) is 8.92. The predicted molar refractivity (Wildman–Crippen MR) is 51.7 cm³/mol. The molecule has 16 heavy (non-hydrogen) atoms. The molecule has 1 fully saturated rings. The highest BCUT2D eigenvalue weighted by Gasteiger charge is 2.26. The van der Waals surface area contributed by atoms with E-state index in [4.69, 9.17) is 14.3 Å². The Hall–Kier alpha value is -1.47. The van der Waals surface area contributed by atoms with Crippen LogP contribution in [0.4, 0.5) is 0 Å². The summed E-state index contributed by atoms with van der Waals surface area (Å²) in [7, 11) is 0. The molecule has 0 radical (unpaired) electrons. The molecule has 0 aliphatic carbocycles. The van der Waals surface area contributed by atoms with Crippen molar-refractivity contribution in [3.63, 3.8) is 0 Å². The summed E-state index contributed by atoms with van der Waals surface area (Å²) in [6.45, 7) is 3.61. The average Bonchev–Trinajstić information content (AvgIpc) is 2.64. The first-order chi connectivity index (χ1) is 7.65. The molecule has 0 spiro atoms. The van der Waals surface area contributed by atoms with Crippen LogP contribution in [0.3, 0.4) is 0 Å². The fraction of sp³-hybridized carbons (Fsp3) is 0.667. The number of hydrogen-bond acceptors (Lipinski definition) is 6. The summed E-state index contributed by atoms with van der Waals surface area (Å²) in [4.78, 5) is 12.7. The number of aromatic nitrogens is 2. The van der Waals surface area contributed by atoms with E-state index in [2.05, 4.69) is 10.2 Å². The third kappa shape index (κ3) is 2.56. The monoisotopic (exact) mass is 227 g/mol. The Labute approximate surface area is 92.0 Å². The number of hydrogen-bond donors (Lipinski definition) is 1. The van der Waals surface area contributed by atoms with Gasteiger partial charge in [-0.05, 0) is 0 Å². The van der Waals surface area contributed by atoms with Crippen LogP contribution in [-0.2, 0) is 16.1 Å². The van der Waals surface area contributed by atoms with E-state index in [0.717, 1.165) is 0 Å². The van der Waals surface area contributed by atoms with Gasteiger partial charge < -0.3 is 14.3 Å². The van der Waals surface area contributed by atoms with Crippen molar-refractivity contribution in [2.24, 2.45) is 0 Å². The van der Waals surface area contributed by atoms with Crippen LogP contribution in [0.5, 0.6) is 0 Å². The molecule has 1 atom stereocenters. The zero-order valence-electron chi connectivity index (χ0n) is 8.92. The van der Waals surface area contributed by atoms with Gasteiger partial charge in [0.1, 0.15) is 0 Å². The van der Waals surface area contributed by atoms with Gasteiger partial charge in [-0.2, -0.15) is 0 Å². The minimum atomic E-state index is -0.939. The summed E-state index contributed by atoms with van der Waals surface area (Å²) in [6.07, 6.45) is -0.766. The summed E-state index contributed by atoms with van der Waals surface area (Å²) >= 11 is 0. The number of rotatable bonds is 3. The molecule has 1 aliphatic rings. The van der Waals surface area contributed by atoms with Crippen molar-refractivity contribution in [1.82, 2.24) is 15.1 Å². The van der Waals surface area contributed by atoms with E-state index in [9.17, 15) is 4.79 Å². The van der Waals surface area contributed by atoms with Crippen molar-refractivity contribution in [1.29, 1.82) is 0 Å². The van der Waals surface area contributed by atoms with E-state index in [0.29, 0.717) is 38.0 Å². The fourth-order valence-electron chi connectivity index (χ4n) is 1.59. The van der Waals surface area contributed by atoms with Gasteiger partial charge in [-0.3, -0.25) is 4.90 Å². The van der Waals surface area contributed by atoms with Crippen molar-refractivity contribution in [2.75, 3.05) is 19.7 Å². The summed E-state index contributed by atoms with van der Waals surface area (Å²) < 4.78 is 10.3. The standard InChI is InChI=1S/C9H13N3O4/c1-6-10-11-8(16-6)5-12-2-3-15-7(4-12)9(13)14/h7H,2-5H2,1H3,(H,13,14). The van der Waals surface area contributed by atoms with Crippen LogP contribution >= 0.6 is 0 Å². The molecule has 7 nitrogen and oxygen atoms in total. The average molecular weight is 227 g/mol. The summed E-state index contributed by atoms with van der Waals surface area (Å²) in [5.41, 5.74) is 0. The minimum absolute atomic E-state index is 0.344. The van der Waals surface area contributed by atoms with Crippen LogP contribution in [0.25, 0.3) is 0 Å². The topological polar surface area (TPSA) is 88.7 Å². The van der Waals surface area contributed by atoms with Gasteiger partial charge in [0.15, 0.2) is 6.10 Å². The molecule has 1 saturated heterocycles. The van der Waals surface area contributed by atoms with Crippen LogP contribution in [0.2, 0.25) is 0 Å².